The fraction of sp³-hybridized carbons (Fsp3) is 0.154. The summed E-state index contributed by atoms with van der Waals surface area (Å²) in [5.74, 6) is 0. The summed E-state index contributed by atoms with van der Waals surface area (Å²) in [5, 5.41) is 0. The molecule has 1 aromatic heterocycles. The van der Waals surface area contributed by atoms with Crippen molar-refractivity contribution < 1.29 is 8.42 Å². The molecule has 0 saturated carbocycles. The van der Waals surface area contributed by atoms with E-state index in [0.29, 0.717) is 11.4 Å². The zero-order chi connectivity index (χ0) is 14.8. The number of pyridine rings is 1. The van der Waals surface area contributed by atoms with E-state index >= 15 is 0 Å². The van der Waals surface area contributed by atoms with Gasteiger partial charge in [0.25, 0.3) is 10.0 Å². The maximum atomic E-state index is 12.2. The lowest BCUT2D eigenvalue weighted by Crippen LogP contribution is -2.22. The molecule has 106 valence electrons. The van der Waals surface area contributed by atoms with Crippen LogP contribution in [-0.4, -0.2) is 27.5 Å². The fourth-order valence-electron chi connectivity index (χ4n) is 1.76. The summed E-state index contributed by atoms with van der Waals surface area (Å²) in [6.45, 7) is 0. The van der Waals surface area contributed by atoms with E-state index in [1.165, 1.54) is 18.5 Å². The van der Waals surface area contributed by atoms with Crippen molar-refractivity contribution in [2.75, 3.05) is 23.7 Å². The summed E-state index contributed by atoms with van der Waals surface area (Å²) in [5.41, 5.74) is 0.572. The number of anilines is 2. The van der Waals surface area contributed by atoms with Crippen LogP contribution in [-0.2, 0) is 10.0 Å². The third kappa shape index (κ3) is 2.83. The Bertz CT molecular complexity index is 766. The highest BCUT2D eigenvalue weighted by Crippen LogP contribution is 2.25. The summed E-state index contributed by atoms with van der Waals surface area (Å²) in [4.78, 5) is 15.7. The van der Waals surface area contributed by atoms with Crippen LogP contribution in [0, 0.1) is 0 Å². The average Bonchev–Trinajstić information content (AvgIpc) is 2.39. The molecule has 2 N–H and O–H groups in total. The molecule has 20 heavy (non-hydrogen) atoms. The number of aromatic nitrogens is 1. The first kappa shape index (κ1) is 14.1. The Labute approximate surface area is 117 Å². The molecule has 0 aliphatic carbocycles. The van der Waals surface area contributed by atoms with Crippen molar-refractivity contribution in [3.8, 4) is 0 Å². The van der Waals surface area contributed by atoms with E-state index in [9.17, 15) is 13.2 Å². The van der Waals surface area contributed by atoms with Crippen molar-refractivity contribution in [1.82, 2.24) is 4.98 Å². The zero-order valence-corrected chi connectivity index (χ0v) is 11.9. The number of hydrogen-bond acceptors (Lipinski definition) is 4. The summed E-state index contributed by atoms with van der Waals surface area (Å²) in [7, 11) is -0.304. The molecule has 0 aliphatic heterocycles. The lowest BCUT2D eigenvalue weighted by Gasteiger charge is -2.18. The highest BCUT2D eigenvalue weighted by atomic mass is 32.2. The largest absolute Gasteiger partial charge is 0.376 e. The monoisotopic (exact) mass is 293 g/mol. The quantitative estimate of drug-likeness (QED) is 0.888. The summed E-state index contributed by atoms with van der Waals surface area (Å²) < 4.78 is 26.9. The smallest absolute Gasteiger partial charge is 0.267 e. The van der Waals surface area contributed by atoms with Crippen molar-refractivity contribution in [1.29, 1.82) is 0 Å². The molecule has 0 amide bonds. The van der Waals surface area contributed by atoms with E-state index < -0.39 is 15.5 Å². The van der Waals surface area contributed by atoms with Crippen molar-refractivity contribution in [3.63, 3.8) is 0 Å². The minimum Gasteiger partial charge on any atom is -0.376 e. The van der Waals surface area contributed by atoms with E-state index in [0.717, 1.165) is 0 Å². The molecule has 1 aromatic carbocycles. The summed E-state index contributed by atoms with van der Waals surface area (Å²) in [6.07, 6.45) is 2.55. The highest BCUT2D eigenvalue weighted by Gasteiger charge is 2.19. The molecule has 2 rings (SSSR count). The molecular weight excluding hydrogens is 278 g/mol. The first-order valence-corrected chi connectivity index (χ1v) is 7.36. The number of sulfonamides is 1. The maximum absolute atomic E-state index is 12.2. The van der Waals surface area contributed by atoms with Gasteiger partial charge < -0.3 is 9.88 Å². The van der Waals surface area contributed by atoms with Gasteiger partial charge in [0.15, 0.2) is 4.90 Å². The number of nitrogens with one attached hydrogen (secondary N) is 2. The van der Waals surface area contributed by atoms with Gasteiger partial charge in [-0.15, -0.1) is 0 Å². The van der Waals surface area contributed by atoms with Gasteiger partial charge in [0.05, 0.1) is 11.4 Å². The van der Waals surface area contributed by atoms with Crippen LogP contribution in [0.1, 0.15) is 0 Å². The van der Waals surface area contributed by atoms with Crippen molar-refractivity contribution in [2.45, 2.75) is 4.90 Å². The van der Waals surface area contributed by atoms with Crippen LogP contribution < -0.4 is 15.1 Å². The highest BCUT2D eigenvalue weighted by molar-refractivity contribution is 7.92. The molecule has 6 nitrogen and oxygen atoms in total. The van der Waals surface area contributed by atoms with E-state index in [2.05, 4.69) is 9.71 Å². The third-order valence-corrected chi connectivity index (χ3v) is 4.09. The van der Waals surface area contributed by atoms with Crippen molar-refractivity contribution >= 4 is 21.4 Å². The Morgan fingerprint density at radius 3 is 2.50 bits per heavy atom. The van der Waals surface area contributed by atoms with Crippen LogP contribution in [0.4, 0.5) is 11.4 Å². The number of H-pyrrole nitrogens is 1. The first-order valence-electron chi connectivity index (χ1n) is 5.88. The third-order valence-electron chi connectivity index (χ3n) is 2.71. The molecule has 0 atom stereocenters. The minimum atomic E-state index is -3.92. The van der Waals surface area contributed by atoms with Gasteiger partial charge in [0, 0.05) is 32.6 Å². The molecule has 0 bridgehead atoms. The molecule has 0 saturated heterocycles. The molecule has 0 radical (unpaired) electrons. The van der Waals surface area contributed by atoms with Gasteiger partial charge in [0.2, 0.25) is 5.43 Å². The Hall–Kier alpha value is -2.28. The molecule has 0 spiro atoms. The Kier molecular flexibility index (Phi) is 3.80. The van der Waals surface area contributed by atoms with Gasteiger partial charge in [-0.2, -0.15) is 0 Å². The van der Waals surface area contributed by atoms with Crippen LogP contribution in [0.2, 0.25) is 0 Å². The Morgan fingerprint density at radius 2 is 1.85 bits per heavy atom. The first-order chi connectivity index (χ1) is 9.42. The molecule has 0 unspecified atom stereocenters. The van der Waals surface area contributed by atoms with Crippen molar-refractivity contribution in [2.24, 2.45) is 0 Å². The molecule has 0 aliphatic rings. The van der Waals surface area contributed by atoms with Gasteiger partial charge in [-0.05, 0) is 12.1 Å². The zero-order valence-electron chi connectivity index (χ0n) is 11.1. The number of aromatic amines is 1. The Balaban J connectivity index is 2.45. The average molecular weight is 293 g/mol. The number of benzene rings is 1. The van der Waals surface area contributed by atoms with Crippen LogP contribution in [0.15, 0.2) is 52.4 Å². The number of nitrogens with zero attached hydrogens (tertiary/aromatic N) is 1. The van der Waals surface area contributed by atoms with Gasteiger partial charge in [0.1, 0.15) is 0 Å². The van der Waals surface area contributed by atoms with E-state index in [4.69, 9.17) is 0 Å². The van der Waals surface area contributed by atoms with Gasteiger partial charge in [-0.1, -0.05) is 12.1 Å². The predicted molar refractivity (Wildman–Crippen MR) is 78.6 cm³/mol. The van der Waals surface area contributed by atoms with Gasteiger partial charge in [-0.3, -0.25) is 9.52 Å². The van der Waals surface area contributed by atoms with Crippen LogP contribution in [0.3, 0.4) is 0 Å². The minimum absolute atomic E-state index is 0.312. The van der Waals surface area contributed by atoms with E-state index in [1.54, 1.807) is 23.1 Å². The number of hydrogen-bond donors (Lipinski definition) is 2. The lowest BCUT2D eigenvalue weighted by molar-refractivity contribution is 0.600. The lowest BCUT2D eigenvalue weighted by atomic mass is 10.2. The van der Waals surface area contributed by atoms with Crippen LogP contribution >= 0.6 is 0 Å². The molecule has 0 fully saturated rings. The second-order valence-electron chi connectivity index (χ2n) is 4.39. The Morgan fingerprint density at radius 1 is 1.15 bits per heavy atom. The standard InChI is InChI=1S/C13H15N3O3S/c1-16(2)11-6-4-3-5-10(11)15-20(18,19)13-9-14-8-7-12(13)17/h3-9,15H,1-2H3,(H,14,17). The van der Waals surface area contributed by atoms with Crippen LogP contribution in [0.25, 0.3) is 0 Å². The van der Waals surface area contributed by atoms with E-state index in [1.807, 2.05) is 20.2 Å². The fourth-order valence-corrected chi connectivity index (χ4v) is 2.89. The molecular formula is C13H15N3O3S. The SMILES string of the molecule is CN(C)c1ccccc1NS(=O)(=O)c1c[nH]ccc1=O. The van der Waals surface area contributed by atoms with Crippen molar-refractivity contribution in [3.05, 3.63) is 52.9 Å². The molecule has 7 heteroatoms. The van der Waals surface area contributed by atoms with E-state index in [-0.39, 0.29) is 4.90 Å². The second-order valence-corrected chi connectivity index (χ2v) is 6.04. The molecule has 1 heterocycles. The van der Waals surface area contributed by atoms with Gasteiger partial charge >= 0.3 is 0 Å². The topological polar surface area (TPSA) is 82.3 Å². The summed E-state index contributed by atoms with van der Waals surface area (Å²) in [6, 6.07) is 8.13. The van der Waals surface area contributed by atoms with Gasteiger partial charge in [-0.25, -0.2) is 8.42 Å². The normalized spacial score (nSPS) is 11.1. The predicted octanol–water partition coefficient (Wildman–Crippen LogP) is 1.24. The number of para-hydroxylation sites is 2. The van der Waals surface area contributed by atoms with Crippen LogP contribution in [0.5, 0.6) is 0 Å². The summed E-state index contributed by atoms with van der Waals surface area (Å²) >= 11 is 0. The molecule has 2 aromatic rings. The maximum Gasteiger partial charge on any atom is 0.267 e. The second kappa shape index (κ2) is 5.38. The number of rotatable bonds is 4.